The molecule has 2 N–H and O–H groups in total. The van der Waals surface area contributed by atoms with E-state index in [0.29, 0.717) is 11.4 Å². The van der Waals surface area contributed by atoms with Crippen molar-refractivity contribution in [3.05, 3.63) is 66.3 Å². The van der Waals surface area contributed by atoms with Crippen LogP contribution in [0.15, 0.2) is 60.7 Å². The van der Waals surface area contributed by atoms with E-state index in [0.717, 1.165) is 5.56 Å². The Hall–Kier alpha value is -3.15. The molecule has 0 bridgehead atoms. The second kappa shape index (κ2) is 5.46. The largest absolute Gasteiger partial charge is 0.448 e. The molecule has 0 aliphatic carbocycles. The molecule has 6 heteroatoms. The Balaban J connectivity index is 1.98. The van der Waals surface area contributed by atoms with E-state index in [4.69, 9.17) is 10.5 Å². The van der Waals surface area contributed by atoms with E-state index < -0.39 is 5.91 Å². The number of fused-ring (bicyclic) bond motifs is 1. The van der Waals surface area contributed by atoms with Gasteiger partial charge in [-0.05, 0) is 23.8 Å². The number of ether oxygens (including phenoxy) is 1. The smallest absolute Gasteiger partial charge is 0.284 e. The fraction of sp³-hybridized carbons (Fsp3) is 0. The zero-order valence-electron chi connectivity index (χ0n) is 11.0. The molecule has 1 amide bonds. The maximum atomic E-state index is 11.6. The van der Waals surface area contributed by atoms with Crippen molar-refractivity contribution in [1.82, 2.24) is 14.6 Å². The van der Waals surface area contributed by atoms with Crippen LogP contribution in [-0.4, -0.2) is 20.5 Å². The minimum absolute atomic E-state index is 0.0392. The molecule has 6 nitrogen and oxygen atoms in total. The van der Waals surface area contributed by atoms with Crippen molar-refractivity contribution < 1.29 is 9.53 Å². The Bertz CT molecular complexity index is 809. The Morgan fingerprint density at radius 2 is 2.00 bits per heavy atom. The number of nitrogens with zero attached hydrogens (tertiary/aromatic N) is 3. The highest BCUT2D eigenvalue weighted by molar-refractivity contribution is 5.95. The Morgan fingerprint density at radius 1 is 1.19 bits per heavy atom. The molecule has 2 aromatic heterocycles. The van der Waals surface area contributed by atoms with Gasteiger partial charge in [0.25, 0.3) is 5.91 Å². The molecule has 104 valence electrons. The minimum Gasteiger partial charge on any atom is -0.448 e. The lowest BCUT2D eigenvalue weighted by atomic mass is 10.2. The highest BCUT2D eigenvalue weighted by atomic mass is 16.5. The summed E-state index contributed by atoms with van der Waals surface area (Å²) in [6.45, 7) is 0. The van der Waals surface area contributed by atoms with Gasteiger partial charge in [0.2, 0.25) is 0 Å². The summed E-state index contributed by atoms with van der Waals surface area (Å²) in [6.07, 6.45) is 4.73. The summed E-state index contributed by atoms with van der Waals surface area (Å²) in [7, 11) is 0. The van der Waals surface area contributed by atoms with E-state index in [-0.39, 0.29) is 5.76 Å². The number of pyridine rings is 1. The number of hydrogen-bond donors (Lipinski definition) is 1. The molecule has 0 saturated carbocycles. The third-order valence-electron chi connectivity index (χ3n) is 2.83. The number of benzene rings is 1. The maximum absolute atomic E-state index is 11.6. The van der Waals surface area contributed by atoms with Crippen LogP contribution in [0.5, 0.6) is 5.75 Å². The maximum Gasteiger partial charge on any atom is 0.284 e. The van der Waals surface area contributed by atoms with Crippen LogP contribution in [0.2, 0.25) is 0 Å². The normalized spacial score (nSPS) is 11.5. The SMILES string of the molecule is NC(=O)/C(=C\c1ccccc1)Oc1cccn2ncnc12. The molecule has 0 saturated heterocycles. The third-order valence-corrected chi connectivity index (χ3v) is 2.83. The zero-order chi connectivity index (χ0) is 14.7. The lowest BCUT2D eigenvalue weighted by molar-refractivity contribution is -0.116. The topological polar surface area (TPSA) is 82.5 Å². The molecule has 0 radical (unpaired) electrons. The monoisotopic (exact) mass is 280 g/mol. The summed E-state index contributed by atoms with van der Waals surface area (Å²) in [4.78, 5) is 15.7. The van der Waals surface area contributed by atoms with Crippen LogP contribution in [0.1, 0.15) is 5.56 Å². The van der Waals surface area contributed by atoms with Crippen LogP contribution in [0.25, 0.3) is 11.7 Å². The molecular weight excluding hydrogens is 268 g/mol. The van der Waals surface area contributed by atoms with Crippen molar-refractivity contribution in [3.8, 4) is 5.75 Å². The van der Waals surface area contributed by atoms with Crippen LogP contribution in [0, 0.1) is 0 Å². The van der Waals surface area contributed by atoms with Crippen molar-refractivity contribution in [2.45, 2.75) is 0 Å². The molecule has 0 aliphatic heterocycles. The number of primary amides is 1. The summed E-state index contributed by atoms with van der Waals surface area (Å²) < 4.78 is 7.17. The lowest BCUT2D eigenvalue weighted by Gasteiger charge is -2.07. The van der Waals surface area contributed by atoms with E-state index >= 15 is 0 Å². The number of nitrogens with two attached hydrogens (primary N) is 1. The summed E-state index contributed by atoms with van der Waals surface area (Å²) in [5.41, 5.74) is 6.71. The molecule has 0 spiro atoms. The molecule has 0 aliphatic rings. The molecule has 1 aromatic carbocycles. The summed E-state index contributed by atoms with van der Waals surface area (Å²) in [5, 5.41) is 4.01. The van der Waals surface area contributed by atoms with E-state index in [1.807, 2.05) is 30.3 Å². The zero-order valence-corrected chi connectivity index (χ0v) is 11.0. The number of aromatic nitrogens is 3. The molecule has 3 aromatic rings. The first-order chi connectivity index (χ1) is 10.2. The van der Waals surface area contributed by atoms with Crippen molar-refractivity contribution in [3.63, 3.8) is 0 Å². The quantitative estimate of drug-likeness (QED) is 0.581. The summed E-state index contributed by atoms with van der Waals surface area (Å²) >= 11 is 0. The predicted molar refractivity (Wildman–Crippen MR) is 77.2 cm³/mol. The lowest BCUT2D eigenvalue weighted by Crippen LogP contribution is -2.18. The van der Waals surface area contributed by atoms with Crippen LogP contribution in [-0.2, 0) is 4.79 Å². The van der Waals surface area contributed by atoms with Gasteiger partial charge in [-0.1, -0.05) is 30.3 Å². The van der Waals surface area contributed by atoms with Crippen molar-refractivity contribution in [2.24, 2.45) is 5.73 Å². The Morgan fingerprint density at radius 3 is 2.76 bits per heavy atom. The van der Waals surface area contributed by atoms with Gasteiger partial charge in [0.1, 0.15) is 6.33 Å². The van der Waals surface area contributed by atoms with E-state index in [9.17, 15) is 4.79 Å². The average molecular weight is 280 g/mol. The standard InChI is InChI=1S/C15H12N4O2/c16-14(20)13(9-11-5-2-1-3-6-11)21-12-7-4-8-19-15(12)17-10-18-19/h1-10H,(H2,16,20)/b13-9+. The minimum atomic E-state index is -0.652. The molecule has 21 heavy (non-hydrogen) atoms. The first-order valence-corrected chi connectivity index (χ1v) is 6.27. The highest BCUT2D eigenvalue weighted by Crippen LogP contribution is 2.20. The average Bonchev–Trinajstić information content (AvgIpc) is 2.97. The second-order valence-corrected chi connectivity index (χ2v) is 4.29. The van der Waals surface area contributed by atoms with Gasteiger partial charge in [-0.25, -0.2) is 9.50 Å². The second-order valence-electron chi connectivity index (χ2n) is 4.29. The Labute approximate surface area is 120 Å². The third kappa shape index (κ3) is 2.74. The van der Waals surface area contributed by atoms with Crippen LogP contribution in [0.3, 0.4) is 0 Å². The van der Waals surface area contributed by atoms with Crippen molar-refractivity contribution in [1.29, 1.82) is 0 Å². The van der Waals surface area contributed by atoms with Crippen LogP contribution >= 0.6 is 0 Å². The molecule has 2 heterocycles. The van der Waals surface area contributed by atoms with Crippen molar-refractivity contribution >= 4 is 17.6 Å². The van der Waals surface area contributed by atoms with Crippen molar-refractivity contribution in [2.75, 3.05) is 0 Å². The van der Waals surface area contributed by atoms with Gasteiger partial charge in [-0.15, -0.1) is 0 Å². The predicted octanol–water partition coefficient (Wildman–Crippen LogP) is 1.63. The fourth-order valence-electron chi connectivity index (χ4n) is 1.87. The highest BCUT2D eigenvalue weighted by Gasteiger charge is 2.12. The molecule has 0 unspecified atom stereocenters. The number of amides is 1. The number of rotatable bonds is 4. The summed E-state index contributed by atoms with van der Waals surface area (Å²) in [5.74, 6) is -0.200. The number of hydrogen-bond acceptors (Lipinski definition) is 4. The first-order valence-electron chi connectivity index (χ1n) is 6.27. The fourth-order valence-corrected chi connectivity index (χ4v) is 1.87. The number of carbonyl (C=O) groups is 1. The van der Waals surface area contributed by atoms with E-state index in [1.165, 1.54) is 6.33 Å². The van der Waals surface area contributed by atoms with Crippen LogP contribution < -0.4 is 10.5 Å². The van der Waals surface area contributed by atoms with Crippen LogP contribution in [0.4, 0.5) is 0 Å². The van der Waals surface area contributed by atoms with Gasteiger partial charge in [0.05, 0.1) is 0 Å². The van der Waals surface area contributed by atoms with Gasteiger partial charge in [0, 0.05) is 6.20 Å². The Kier molecular flexibility index (Phi) is 3.34. The molecule has 0 fully saturated rings. The first kappa shape index (κ1) is 12.9. The molecule has 3 rings (SSSR count). The van der Waals surface area contributed by atoms with Gasteiger partial charge in [0.15, 0.2) is 17.2 Å². The number of carbonyl (C=O) groups excluding carboxylic acids is 1. The van der Waals surface area contributed by atoms with Gasteiger partial charge >= 0.3 is 0 Å². The van der Waals surface area contributed by atoms with E-state index in [1.54, 1.807) is 28.9 Å². The summed E-state index contributed by atoms with van der Waals surface area (Å²) in [6, 6.07) is 12.8. The van der Waals surface area contributed by atoms with Gasteiger partial charge < -0.3 is 10.5 Å². The van der Waals surface area contributed by atoms with Gasteiger partial charge in [-0.3, -0.25) is 4.79 Å². The van der Waals surface area contributed by atoms with Gasteiger partial charge in [-0.2, -0.15) is 5.10 Å². The van der Waals surface area contributed by atoms with E-state index in [2.05, 4.69) is 10.1 Å². The molecule has 0 atom stereocenters. The molecular formula is C15H12N4O2.